The molecule has 5 heteroatoms. The molecule has 0 radical (unpaired) electrons. The molecule has 0 aliphatic rings. The number of hydrogen-bond donors (Lipinski definition) is 1. The maximum absolute atomic E-state index is 12.6. The highest BCUT2D eigenvalue weighted by molar-refractivity contribution is 6.05. The molecule has 1 heterocycles. The molecule has 0 spiro atoms. The third-order valence-electron chi connectivity index (χ3n) is 4.63. The topological polar surface area (TPSA) is 56.1 Å². The smallest absolute Gasteiger partial charge is 0.259 e. The Kier molecular flexibility index (Phi) is 6.84. The summed E-state index contributed by atoms with van der Waals surface area (Å²) >= 11 is 0. The van der Waals surface area contributed by atoms with Crippen molar-refractivity contribution in [2.45, 2.75) is 39.5 Å². The standard InChI is InChI=1S/C23H27N3O2/c1-3-4-5-9-16-28-21-14-12-19(13-15-21)25-23(27)22-17-24-26(18(22)2)20-10-7-6-8-11-20/h6-8,10-15,17H,3-5,9,16H2,1-2H3,(H,25,27). The lowest BCUT2D eigenvalue weighted by atomic mass is 10.2. The summed E-state index contributed by atoms with van der Waals surface area (Å²) in [6.45, 7) is 4.82. The fourth-order valence-electron chi connectivity index (χ4n) is 3.01. The third-order valence-corrected chi connectivity index (χ3v) is 4.63. The molecule has 0 atom stereocenters. The maximum Gasteiger partial charge on any atom is 0.259 e. The summed E-state index contributed by atoms with van der Waals surface area (Å²) in [5.74, 6) is 0.649. The Morgan fingerprint density at radius 3 is 2.50 bits per heavy atom. The molecule has 3 rings (SSSR count). The molecule has 28 heavy (non-hydrogen) atoms. The Morgan fingerprint density at radius 2 is 1.79 bits per heavy atom. The molecule has 0 aliphatic heterocycles. The van der Waals surface area contributed by atoms with Gasteiger partial charge in [-0.05, 0) is 49.7 Å². The van der Waals surface area contributed by atoms with Crippen molar-refractivity contribution in [3.8, 4) is 11.4 Å². The number of hydrogen-bond acceptors (Lipinski definition) is 3. The molecule has 0 saturated heterocycles. The molecule has 0 bridgehead atoms. The van der Waals surface area contributed by atoms with Gasteiger partial charge in [0.1, 0.15) is 5.75 Å². The molecule has 0 aliphatic carbocycles. The van der Waals surface area contributed by atoms with Crippen LogP contribution in [0.3, 0.4) is 0 Å². The highest BCUT2D eigenvalue weighted by Crippen LogP contribution is 2.19. The van der Waals surface area contributed by atoms with Gasteiger partial charge < -0.3 is 10.1 Å². The number of nitrogens with one attached hydrogen (secondary N) is 1. The zero-order valence-corrected chi connectivity index (χ0v) is 16.5. The van der Waals surface area contributed by atoms with Crippen LogP contribution in [0, 0.1) is 6.92 Å². The van der Waals surface area contributed by atoms with Crippen molar-refractivity contribution in [2.24, 2.45) is 0 Å². The predicted octanol–water partition coefficient (Wildman–Crippen LogP) is 5.39. The lowest BCUT2D eigenvalue weighted by Gasteiger charge is -2.09. The van der Waals surface area contributed by atoms with E-state index in [1.54, 1.807) is 10.9 Å². The minimum absolute atomic E-state index is 0.173. The second-order valence-corrected chi connectivity index (χ2v) is 6.78. The van der Waals surface area contributed by atoms with Crippen LogP contribution in [0.4, 0.5) is 5.69 Å². The van der Waals surface area contributed by atoms with Gasteiger partial charge in [-0.15, -0.1) is 0 Å². The average Bonchev–Trinajstić information content (AvgIpc) is 3.11. The number of aromatic nitrogens is 2. The number of ether oxygens (including phenoxy) is 1. The van der Waals surface area contributed by atoms with E-state index in [-0.39, 0.29) is 5.91 Å². The number of carbonyl (C=O) groups excluding carboxylic acids is 1. The summed E-state index contributed by atoms with van der Waals surface area (Å²) in [6, 6.07) is 17.3. The second-order valence-electron chi connectivity index (χ2n) is 6.78. The SMILES string of the molecule is CCCCCCOc1ccc(NC(=O)c2cnn(-c3ccccc3)c2C)cc1. The van der Waals surface area contributed by atoms with Crippen LogP contribution < -0.4 is 10.1 Å². The Labute approximate surface area is 166 Å². The van der Waals surface area contributed by atoms with Crippen LogP contribution in [0.1, 0.15) is 48.7 Å². The minimum atomic E-state index is -0.173. The van der Waals surface area contributed by atoms with Crippen molar-refractivity contribution >= 4 is 11.6 Å². The van der Waals surface area contributed by atoms with E-state index >= 15 is 0 Å². The number of anilines is 1. The first-order chi connectivity index (χ1) is 13.7. The molecular weight excluding hydrogens is 350 g/mol. The maximum atomic E-state index is 12.6. The van der Waals surface area contributed by atoms with E-state index in [0.29, 0.717) is 5.56 Å². The fourth-order valence-corrected chi connectivity index (χ4v) is 3.01. The molecule has 3 aromatic rings. The Morgan fingerprint density at radius 1 is 1.04 bits per heavy atom. The molecule has 146 valence electrons. The van der Waals surface area contributed by atoms with Crippen molar-refractivity contribution < 1.29 is 9.53 Å². The summed E-state index contributed by atoms with van der Waals surface area (Å²) in [5.41, 5.74) is 3.02. The van der Waals surface area contributed by atoms with Gasteiger partial charge in [-0.2, -0.15) is 5.10 Å². The van der Waals surface area contributed by atoms with Gasteiger partial charge in [0.25, 0.3) is 5.91 Å². The van der Waals surface area contributed by atoms with Gasteiger partial charge >= 0.3 is 0 Å². The van der Waals surface area contributed by atoms with Crippen LogP contribution in [0.15, 0.2) is 60.8 Å². The number of nitrogens with zero attached hydrogens (tertiary/aromatic N) is 2. The first kappa shape index (κ1) is 19.7. The highest BCUT2D eigenvalue weighted by Gasteiger charge is 2.15. The first-order valence-corrected chi connectivity index (χ1v) is 9.83. The summed E-state index contributed by atoms with van der Waals surface area (Å²) in [7, 11) is 0. The van der Waals surface area contributed by atoms with Crippen LogP contribution in [0.2, 0.25) is 0 Å². The number of rotatable bonds is 9. The molecule has 0 saturated carbocycles. The lowest BCUT2D eigenvalue weighted by Crippen LogP contribution is -2.13. The number of carbonyl (C=O) groups is 1. The molecule has 1 amide bonds. The average molecular weight is 377 g/mol. The predicted molar refractivity (Wildman–Crippen MR) is 112 cm³/mol. The minimum Gasteiger partial charge on any atom is -0.494 e. The molecule has 2 aromatic carbocycles. The van der Waals surface area contributed by atoms with Crippen LogP contribution in [-0.4, -0.2) is 22.3 Å². The number of amides is 1. The van der Waals surface area contributed by atoms with Gasteiger partial charge in [-0.25, -0.2) is 4.68 Å². The fraction of sp³-hybridized carbons (Fsp3) is 0.304. The number of unbranched alkanes of at least 4 members (excludes halogenated alkanes) is 3. The van der Waals surface area contributed by atoms with Gasteiger partial charge in [0.2, 0.25) is 0 Å². The Bertz CT molecular complexity index is 886. The largest absolute Gasteiger partial charge is 0.494 e. The second kappa shape index (κ2) is 9.74. The summed E-state index contributed by atoms with van der Waals surface area (Å²) in [6.07, 6.45) is 6.33. The first-order valence-electron chi connectivity index (χ1n) is 9.83. The van der Waals surface area contributed by atoms with Gasteiger partial charge in [0, 0.05) is 5.69 Å². The summed E-state index contributed by atoms with van der Waals surface area (Å²) in [5, 5.41) is 7.28. The van der Waals surface area contributed by atoms with Gasteiger partial charge in [-0.3, -0.25) is 4.79 Å². The van der Waals surface area contributed by atoms with Crippen molar-refractivity contribution in [1.29, 1.82) is 0 Å². The van der Waals surface area contributed by atoms with Crippen LogP contribution in [0.25, 0.3) is 5.69 Å². The van der Waals surface area contributed by atoms with Crippen molar-refractivity contribution in [1.82, 2.24) is 9.78 Å². The van der Waals surface area contributed by atoms with Crippen LogP contribution >= 0.6 is 0 Å². The lowest BCUT2D eigenvalue weighted by molar-refractivity contribution is 0.102. The van der Waals surface area contributed by atoms with Crippen molar-refractivity contribution in [3.63, 3.8) is 0 Å². The van der Waals surface area contributed by atoms with E-state index in [1.165, 1.54) is 19.3 Å². The van der Waals surface area contributed by atoms with Crippen LogP contribution in [-0.2, 0) is 0 Å². The molecule has 5 nitrogen and oxygen atoms in total. The van der Waals surface area contributed by atoms with Gasteiger partial charge in [-0.1, -0.05) is 44.4 Å². The van der Waals surface area contributed by atoms with E-state index in [4.69, 9.17) is 4.74 Å². The molecular formula is C23H27N3O2. The Balaban J connectivity index is 1.58. The van der Waals surface area contributed by atoms with E-state index < -0.39 is 0 Å². The molecule has 1 aromatic heterocycles. The van der Waals surface area contributed by atoms with E-state index in [9.17, 15) is 4.79 Å². The van der Waals surface area contributed by atoms with E-state index in [2.05, 4.69) is 17.3 Å². The third kappa shape index (κ3) is 5.00. The van der Waals surface area contributed by atoms with E-state index in [0.717, 1.165) is 35.8 Å². The zero-order valence-electron chi connectivity index (χ0n) is 16.5. The van der Waals surface area contributed by atoms with Crippen molar-refractivity contribution in [3.05, 3.63) is 72.1 Å². The number of para-hydroxylation sites is 1. The Hall–Kier alpha value is -3.08. The normalized spacial score (nSPS) is 10.6. The van der Waals surface area contributed by atoms with Crippen molar-refractivity contribution in [2.75, 3.05) is 11.9 Å². The van der Waals surface area contributed by atoms with Gasteiger partial charge in [0.15, 0.2) is 0 Å². The monoisotopic (exact) mass is 377 g/mol. The highest BCUT2D eigenvalue weighted by atomic mass is 16.5. The molecule has 0 unspecified atom stereocenters. The van der Waals surface area contributed by atoms with Gasteiger partial charge in [0.05, 0.1) is 29.7 Å². The van der Waals surface area contributed by atoms with Crippen LogP contribution in [0.5, 0.6) is 5.75 Å². The summed E-state index contributed by atoms with van der Waals surface area (Å²) in [4.78, 5) is 12.6. The molecule has 1 N–H and O–H groups in total. The quantitative estimate of drug-likeness (QED) is 0.509. The number of benzene rings is 2. The van der Waals surface area contributed by atoms with E-state index in [1.807, 2.05) is 61.5 Å². The molecule has 0 fully saturated rings. The zero-order chi connectivity index (χ0) is 19.8. The summed E-state index contributed by atoms with van der Waals surface area (Å²) < 4.78 is 7.51.